The molecule has 110 valence electrons. The fourth-order valence-corrected chi connectivity index (χ4v) is 2.97. The minimum Gasteiger partial charge on any atom is -0.384 e. The number of anilines is 2. The highest BCUT2D eigenvalue weighted by Crippen LogP contribution is 2.68. The minimum atomic E-state index is -0.420. The summed E-state index contributed by atoms with van der Waals surface area (Å²) in [6.07, 6.45) is 0. The second-order valence-corrected chi connectivity index (χ2v) is 6.55. The number of hydrogen-bond donors (Lipinski definition) is 3. The predicted molar refractivity (Wildman–Crippen MR) is 80.4 cm³/mol. The number of benzene rings is 1. The summed E-state index contributed by atoms with van der Waals surface area (Å²) in [4.78, 5) is 10.5. The third-order valence-corrected chi connectivity index (χ3v) is 5.13. The number of hydrogen-bond acceptors (Lipinski definition) is 5. The Kier molecular flexibility index (Phi) is 3.37. The first-order valence-corrected chi connectivity index (χ1v) is 6.70. The van der Waals surface area contributed by atoms with E-state index in [1.165, 1.54) is 12.1 Å². The first-order chi connectivity index (χ1) is 9.20. The number of nitrogens with two attached hydrogens (primary N) is 1. The maximum atomic E-state index is 10.9. The Morgan fingerprint density at radius 2 is 1.75 bits per heavy atom. The number of non-ortho nitro benzene ring substituents is 1. The highest BCUT2D eigenvalue weighted by Gasteiger charge is 2.63. The van der Waals surface area contributed by atoms with E-state index in [0.29, 0.717) is 17.3 Å². The van der Waals surface area contributed by atoms with Gasteiger partial charge in [-0.05, 0) is 22.8 Å². The SMILES string of the molecule is CC1(C)C(CNc2cc(NN)cc([N+](=O)[O-])c2)C1(C)C. The molecule has 6 nitrogen and oxygen atoms in total. The molecule has 1 aliphatic rings. The molecule has 1 aromatic rings. The quantitative estimate of drug-likeness (QED) is 0.437. The van der Waals surface area contributed by atoms with Gasteiger partial charge >= 0.3 is 0 Å². The van der Waals surface area contributed by atoms with Crippen molar-refractivity contribution >= 4 is 17.1 Å². The Hall–Kier alpha value is -1.82. The molecule has 1 aliphatic carbocycles. The van der Waals surface area contributed by atoms with Crippen LogP contribution < -0.4 is 16.6 Å². The van der Waals surface area contributed by atoms with E-state index >= 15 is 0 Å². The van der Waals surface area contributed by atoms with Crippen molar-refractivity contribution in [1.82, 2.24) is 0 Å². The molecular weight excluding hydrogens is 256 g/mol. The van der Waals surface area contributed by atoms with Crippen LogP contribution in [0.3, 0.4) is 0 Å². The van der Waals surface area contributed by atoms with Gasteiger partial charge in [-0.25, -0.2) is 0 Å². The van der Waals surface area contributed by atoms with Crippen molar-refractivity contribution in [2.75, 3.05) is 17.3 Å². The average Bonchev–Trinajstić information content (AvgIpc) is 2.76. The zero-order valence-corrected chi connectivity index (χ0v) is 12.4. The van der Waals surface area contributed by atoms with Gasteiger partial charge in [0.2, 0.25) is 0 Å². The number of nitro benzene ring substituents is 1. The van der Waals surface area contributed by atoms with Gasteiger partial charge in [0.25, 0.3) is 5.69 Å². The van der Waals surface area contributed by atoms with Gasteiger partial charge in [0.05, 0.1) is 10.6 Å². The Labute approximate surface area is 118 Å². The molecule has 0 spiro atoms. The van der Waals surface area contributed by atoms with E-state index in [2.05, 4.69) is 38.4 Å². The van der Waals surface area contributed by atoms with Crippen LogP contribution in [-0.2, 0) is 0 Å². The van der Waals surface area contributed by atoms with E-state index in [0.717, 1.165) is 6.54 Å². The van der Waals surface area contributed by atoms with Crippen molar-refractivity contribution in [3.8, 4) is 0 Å². The summed E-state index contributed by atoms with van der Waals surface area (Å²) in [5.74, 6) is 5.89. The van der Waals surface area contributed by atoms with Crippen molar-refractivity contribution in [1.29, 1.82) is 0 Å². The minimum absolute atomic E-state index is 0.0252. The van der Waals surface area contributed by atoms with Crippen LogP contribution in [0.2, 0.25) is 0 Å². The monoisotopic (exact) mass is 278 g/mol. The summed E-state index contributed by atoms with van der Waals surface area (Å²) in [6.45, 7) is 9.80. The van der Waals surface area contributed by atoms with Crippen molar-refractivity contribution in [2.45, 2.75) is 27.7 Å². The maximum Gasteiger partial charge on any atom is 0.273 e. The Balaban J connectivity index is 2.11. The van der Waals surface area contributed by atoms with E-state index in [4.69, 9.17) is 5.84 Å². The van der Waals surface area contributed by atoms with Gasteiger partial charge in [-0.2, -0.15) is 0 Å². The van der Waals surface area contributed by atoms with Crippen molar-refractivity contribution in [3.05, 3.63) is 28.3 Å². The molecule has 1 aromatic carbocycles. The molecule has 0 amide bonds. The van der Waals surface area contributed by atoms with Crippen LogP contribution in [0.25, 0.3) is 0 Å². The molecule has 0 unspecified atom stereocenters. The molecule has 0 aliphatic heterocycles. The van der Waals surface area contributed by atoms with Crippen molar-refractivity contribution < 1.29 is 4.92 Å². The fourth-order valence-electron chi connectivity index (χ4n) is 2.97. The normalized spacial score (nSPS) is 19.4. The summed E-state index contributed by atoms with van der Waals surface area (Å²) >= 11 is 0. The molecule has 0 saturated heterocycles. The highest BCUT2D eigenvalue weighted by molar-refractivity contribution is 5.63. The van der Waals surface area contributed by atoms with Gasteiger partial charge < -0.3 is 10.7 Å². The van der Waals surface area contributed by atoms with E-state index in [-0.39, 0.29) is 16.5 Å². The summed E-state index contributed by atoms with van der Waals surface area (Å²) in [5.41, 5.74) is 4.29. The van der Waals surface area contributed by atoms with E-state index in [9.17, 15) is 10.1 Å². The Bertz CT molecular complexity index is 526. The average molecular weight is 278 g/mol. The number of rotatable bonds is 5. The summed E-state index contributed by atoms with van der Waals surface area (Å²) < 4.78 is 0. The number of hydrazine groups is 1. The summed E-state index contributed by atoms with van der Waals surface area (Å²) in [6, 6.07) is 4.72. The zero-order chi connectivity index (χ0) is 15.1. The lowest BCUT2D eigenvalue weighted by molar-refractivity contribution is -0.384. The van der Waals surface area contributed by atoms with Gasteiger partial charge in [-0.15, -0.1) is 0 Å². The van der Waals surface area contributed by atoms with Crippen LogP contribution in [0.5, 0.6) is 0 Å². The topological polar surface area (TPSA) is 93.2 Å². The van der Waals surface area contributed by atoms with Gasteiger partial charge in [-0.1, -0.05) is 27.7 Å². The molecule has 0 radical (unpaired) electrons. The van der Waals surface area contributed by atoms with Crippen LogP contribution in [0.15, 0.2) is 18.2 Å². The predicted octanol–water partition coefficient (Wildman–Crippen LogP) is 2.97. The molecule has 1 saturated carbocycles. The summed E-state index contributed by atoms with van der Waals surface area (Å²) in [7, 11) is 0. The first kappa shape index (κ1) is 14.6. The number of nitrogens with zero attached hydrogens (tertiary/aromatic N) is 1. The lowest BCUT2D eigenvalue weighted by Gasteiger charge is -2.09. The molecule has 2 rings (SSSR count). The summed E-state index contributed by atoms with van der Waals surface area (Å²) in [5, 5.41) is 14.2. The van der Waals surface area contributed by atoms with Gasteiger partial charge in [0.1, 0.15) is 0 Å². The third-order valence-electron chi connectivity index (χ3n) is 5.13. The number of nitro groups is 1. The molecule has 0 heterocycles. The smallest absolute Gasteiger partial charge is 0.273 e. The second kappa shape index (κ2) is 4.63. The van der Waals surface area contributed by atoms with Gasteiger partial charge in [0.15, 0.2) is 0 Å². The first-order valence-electron chi connectivity index (χ1n) is 6.70. The molecule has 0 bridgehead atoms. The fraction of sp³-hybridized carbons (Fsp3) is 0.571. The number of nitrogen functional groups attached to an aromatic ring is 1. The van der Waals surface area contributed by atoms with E-state index in [1.54, 1.807) is 6.07 Å². The molecule has 1 fully saturated rings. The van der Waals surface area contributed by atoms with Crippen LogP contribution in [0, 0.1) is 26.9 Å². The van der Waals surface area contributed by atoms with Gasteiger partial charge in [0, 0.05) is 24.4 Å². The highest BCUT2D eigenvalue weighted by atomic mass is 16.6. The largest absolute Gasteiger partial charge is 0.384 e. The molecule has 20 heavy (non-hydrogen) atoms. The molecule has 0 atom stereocenters. The molecule has 4 N–H and O–H groups in total. The Morgan fingerprint density at radius 1 is 1.20 bits per heavy atom. The molecule has 6 heteroatoms. The van der Waals surface area contributed by atoms with E-state index < -0.39 is 4.92 Å². The lowest BCUT2D eigenvalue weighted by Crippen LogP contribution is -2.10. The van der Waals surface area contributed by atoms with Crippen molar-refractivity contribution in [3.63, 3.8) is 0 Å². The third kappa shape index (κ3) is 2.31. The van der Waals surface area contributed by atoms with Crippen LogP contribution in [0.1, 0.15) is 27.7 Å². The zero-order valence-electron chi connectivity index (χ0n) is 12.4. The van der Waals surface area contributed by atoms with Gasteiger partial charge in [-0.3, -0.25) is 16.0 Å². The maximum absolute atomic E-state index is 10.9. The Morgan fingerprint density at radius 3 is 2.20 bits per heavy atom. The van der Waals surface area contributed by atoms with Crippen LogP contribution >= 0.6 is 0 Å². The second-order valence-electron chi connectivity index (χ2n) is 6.55. The molecule has 0 aromatic heterocycles. The lowest BCUT2D eigenvalue weighted by atomic mass is 10.0. The molecular formula is C14H22N4O2. The van der Waals surface area contributed by atoms with E-state index in [1.807, 2.05) is 0 Å². The van der Waals surface area contributed by atoms with Crippen LogP contribution in [0.4, 0.5) is 17.1 Å². The van der Waals surface area contributed by atoms with Crippen molar-refractivity contribution in [2.24, 2.45) is 22.6 Å². The van der Waals surface area contributed by atoms with Crippen LogP contribution in [-0.4, -0.2) is 11.5 Å². The standard InChI is InChI=1S/C14H22N4O2/c1-13(2)12(14(13,3)4)8-16-9-5-10(17-15)7-11(6-9)18(19)20/h5-7,12,16-17H,8,15H2,1-4H3. The number of nitrogens with one attached hydrogen (secondary N) is 2.